The molecule has 16 heavy (non-hydrogen) atoms. The molecule has 0 amide bonds. The zero-order valence-electron chi connectivity index (χ0n) is 9.18. The molecule has 82 valence electrons. The Morgan fingerprint density at radius 1 is 1.38 bits per heavy atom. The first-order valence-electron chi connectivity index (χ1n) is 5.12. The summed E-state index contributed by atoms with van der Waals surface area (Å²) in [5.74, 6) is 0.371. The van der Waals surface area contributed by atoms with Gasteiger partial charge in [0.25, 0.3) is 5.69 Å². The van der Waals surface area contributed by atoms with Gasteiger partial charge in [-0.2, -0.15) is 0 Å². The van der Waals surface area contributed by atoms with Gasteiger partial charge in [-0.15, -0.1) is 0 Å². The predicted molar refractivity (Wildman–Crippen MR) is 62.5 cm³/mol. The summed E-state index contributed by atoms with van der Waals surface area (Å²) in [5.41, 5.74) is 1.61. The van der Waals surface area contributed by atoms with Crippen LogP contribution < -0.4 is 0 Å². The fourth-order valence-corrected chi connectivity index (χ4v) is 1.62. The van der Waals surface area contributed by atoms with Crippen LogP contribution in [0.25, 0.3) is 10.9 Å². The number of fused-ring (bicyclic) bond motifs is 1. The van der Waals surface area contributed by atoms with Crippen molar-refractivity contribution in [3.05, 3.63) is 46.1 Å². The second-order valence-electron chi connectivity index (χ2n) is 4.03. The lowest BCUT2D eigenvalue weighted by Gasteiger charge is -2.05. The molecular formula is C12H12N2O2. The maximum atomic E-state index is 10.8. The molecule has 4 nitrogen and oxygen atoms in total. The van der Waals surface area contributed by atoms with Gasteiger partial charge in [0, 0.05) is 17.6 Å². The van der Waals surface area contributed by atoms with E-state index in [2.05, 4.69) is 18.8 Å². The standard InChI is InChI=1S/C12H12N2O2/c1-8(2)10-6-9-4-3-5-11(14(15)16)12(9)13-7-10/h3-8H,1-2H3. The molecule has 1 aromatic heterocycles. The Morgan fingerprint density at radius 3 is 2.75 bits per heavy atom. The van der Waals surface area contributed by atoms with Gasteiger partial charge in [-0.25, -0.2) is 4.98 Å². The topological polar surface area (TPSA) is 56.0 Å². The monoisotopic (exact) mass is 216 g/mol. The molecule has 0 bridgehead atoms. The number of nitrogens with zero attached hydrogens (tertiary/aromatic N) is 2. The van der Waals surface area contributed by atoms with Gasteiger partial charge in [-0.3, -0.25) is 10.1 Å². The minimum atomic E-state index is -0.398. The molecule has 4 heteroatoms. The summed E-state index contributed by atoms with van der Waals surface area (Å²) in [5, 5.41) is 11.6. The van der Waals surface area contributed by atoms with Crippen molar-refractivity contribution in [2.45, 2.75) is 19.8 Å². The lowest BCUT2D eigenvalue weighted by Crippen LogP contribution is -1.94. The number of nitro benzene ring substituents is 1. The van der Waals surface area contributed by atoms with Gasteiger partial charge < -0.3 is 0 Å². The summed E-state index contributed by atoms with van der Waals surface area (Å²) in [7, 11) is 0. The smallest absolute Gasteiger partial charge is 0.258 e. The maximum absolute atomic E-state index is 10.8. The van der Waals surface area contributed by atoms with Crippen molar-refractivity contribution in [3.8, 4) is 0 Å². The molecule has 0 aliphatic carbocycles. The normalized spacial score (nSPS) is 10.9. The summed E-state index contributed by atoms with van der Waals surface area (Å²) < 4.78 is 0. The van der Waals surface area contributed by atoms with Crippen molar-refractivity contribution in [3.63, 3.8) is 0 Å². The summed E-state index contributed by atoms with van der Waals surface area (Å²) in [6.45, 7) is 4.14. The van der Waals surface area contributed by atoms with E-state index in [-0.39, 0.29) is 5.69 Å². The van der Waals surface area contributed by atoms with Crippen molar-refractivity contribution in [1.82, 2.24) is 4.98 Å². The van der Waals surface area contributed by atoms with E-state index in [1.54, 1.807) is 12.3 Å². The Labute approximate surface area is 93.1 Å². The molecule has 0 atom stereocenters. The van der Waals surface area contributed by atoms with Crippen LogP contribution in [0.2, 0.25) is 0 Å². The molecule has 0 radical (unpaired) electrons. The second-order valence-corrected chi connectivity index (χ2v) is 4.03. The average molecular weight is 216 g/mol. The number of hydrogen-bond acceptors (Lipinski definition) is 3. The van der Waals surface area contributed by atoms with Crippen molar-refractivity contribution in [1.29, 1.82) is 0 Å². The third-order valence-electron chi connectivity index (χ3n) is 2.57. The molecular weight excluding hydrogens is 204 g/mol. The van der Waals surface area contributed by atoms with E-state index in [0.717, 1.165) is 10.9 Å². The fourth-order valence-electron chi connectivity index (χ4n) is 1.62. The maximum Gasteiger partial charge on any atom is 0.295 e. The second kappa shape index (κ2) is 3.89. The van der Waals surface area contributed by atoms with Gasteiger partial charge in [0.1, 0.15) is 5.52 Å². The fraction of sp³-hybridized carbons (Fsp3) is 0.250. The van der Waals surface area contributed by atoms with E-state index in [9.17, 15) is 10.1 Å². The van der Waals surface area contributed by atoms with Crippen LogP contribution in [0, 0.1) is 10.1 Å². The van der Waals surface area contributed by atoms with Crippen LogP contribution in [0.3, 0.4) is 0 Å². The van der Waals surface area contributed by atoms with Crippen LogP contribution in [0.15, 0.2) is 30.5 Å². The number of non-ortho nitro benzene ring substituents is 1. The molecule has 0 saturated heterocycles. The Bertz CT molecular complexity index is 550. The molecule has 2 aromatic rings. The Kier molecular flexibility index (Phi) is 2.56. The quantitative estimate of drug-likeness (QED) is 0.571. The molecule has 0 N–H and O–H groups in total. The van der Waals surface area contributed by atoms with E-state index < -0.39 is 4.92 Å². The number of rotatable bonds is 2. The van der Waals surface area contributed by atoms with Crippen LogP contribution in [0.5, 0.6) is 0 Å². The number of nitro groups is 1. The van der Waals surface area contributed by atoms with E-state index >= 15 is 0 Å². The van der Waals surface area contributed by atoms with Crippen LogP contribution >= 0.6 is 0 Å². The molecule has 0 aliphatic heterocycles. The van der Waals surface area contributed by atoms with Crippen LogP contribution in [-0.2, 0) is 0 Å². The van der Waals surface area contributed by atoms with Crippen LogP contribution in [0.1, 0.15) is 25.3 Å². The van der Waals surface area contributed by atoms with E-state index in [0.29, 0.717) is 11.4 Å². The molecule has 0 fully saturated rings. The van der Waals surface area contributed by atoms with Crippen molar-refractivity contribution in [2.24, 2.45) is 0 Å². The van der Waals surface area contributed by atoms with Crippen molar-refractivity contribution < 1.29 is 4.92 Å². The van der Waals surface area contributed by atoms with E-state index in [1.165, 1.54) is 6.07 Å². The molecule has 1 aromatic carbocycles. The zero-order valence-corrected chi connectivity index (χ0v) is 9.18. The minimum absolute atomic E-state index is 0.0628. The van der Waals surface area contributed by atoms with Crippen molar-refractivity contribution in [2.75, 3.05) is 0 Å². The number of hydrogen-bond donors (Lipinski definition) is 0. The molecule has 0 saturated carbocycles. The predicted octanol–water partition coefficient (Wildman–Crippen LogP) is 3.27. The number of benzene rings is 1. The average Bonchev–Trinajstić information content (AvgIpc) is 2.27. The van der Waals surface area contributed by atoms with Crippen LogP contribution in [0.4, 0.5) is 5.69 Å². The number of para-hydroxylation sites is 1. The highest BCUT2D eigenvalue weighted by Gasteiger charge is 2.12. The zero-order chi connectivity index (χ0) is 11.7. The first kappa shape index (κ1) is 10.5. The van der Waals surface area contributed by atoms with Crippen molar-refractivity contribution >= 4 is 16.6 Å². The lowest BCUT2D eigenvalue weighted by molar-refractivity contribution is -0.383. The molecule has 0 spiro atoms. The summed E-state index contributed by atoms with van der Waals surface area (Å²) in [6.07, 6.45) is 1.71. The minimum Gasteiger partial charge on any atom is -0.258 e. The van der Waals surface area contributed by atoms with Gasteiger partial charge >= 0.3 is 0 Å². The third-order valence-corrected chi connectivity index (χ3v) is 2.57. The Balaban J connectivity index is 2.69. The largest absolute Gasteiger partial charge is 0.295 e. The Morgan fingerprint density at radius 2 is 2.12 bits per heavy atom. The van der Waals surface area contributed by atoms with Gasteiger partial charge in [-0.1, -0.05) is 26.0 Å². The van der Waals surface area contributed by atoms with Gasteiger partial charge in [-0.05, 0) is 17.5 Å². The summed E-state index contributed by atoms with van der Waals surface area (Å²) in [6, 6.07) is 6.97. The third kappa shape index (κ3) is 1.74. The number of aromatic nitrogens is 1. The molecule has 2 rings (SSSR count). The summed E-state index contributed by atoms with van der Waals surface area (Å²) in [4.78, 5) is 14.6. The highest BCUT2D eigenvalue weighted by molar-refractivity contribution is 5.87. The Hall–Kier alpha value is -1.97. The first-order valence-corrected chi connectivity index (χ1v) is 5.12. The molecule has 0 unspecified atom stereocenters. The molecule has 1 heterocycles. The van der Waals surface area contributed by atoms with Gasteiger partial charge in [0.2, 0.25) is 0 Å². The van der Waals surface area contributed by atoms with E-state index in [1.807, 2.05) is 12.1 Å². The van der Waals surface area contributed by atoms with E-state index in [4.69, 9.17) is 0 Å². The SMILES string of the molecule is CC(C)c1cnc2c([N+](=O)[O-])cccc2c1. The molecule has 0 aliphatic rings. The van der Waals surface area contributed by atoms with Crippen LogP contribution in [-0.4, -0.2) is 9.91 Å². The summed E-state index contributed by atoms with van der Waals surface area (Å²) >= 11 is 0. The number of pyridine rings is 1. The highest BCUT2D eigenvalue weighted by Crippen LogP contribution is 2.25. The van der Waals surface area contributed by atoms with Gasteiger partial charge in [0.15, 0.2) is 0 Å². The first-order chi connectivity index (χ1) is 7.59. The van der Waals surface area contributed by atoms with Gasteiger partial charge in [0.05, 0.1) is 4.92 Å². The highest BCUT2D eigenvalue weighted by atomic mass is 16.6. The lowest BCUT2D eigenvalue weighted by atomic mass is 10.0.